The molecule has 0 aliphatic carbocycles. The van der Waals surface area contributed by atoms with Gasteiger partial charge in [0.15, 0.2) is 0 Å². The van der Waals surface area contributed by atoms with Crippen LogP contribution in [0.25, 0.3) is 0 Å². The lowest BCUT2D eigenvalue weighted by Crippen LogP contribution is -2.28. The first-order valence-corrected chi connectivity index (χ1v) is 5.93. The van der Waals surface area contributed by atoms with Crippen LogP contribution >= 0.6 is 15.9 Å². The van der Waals surface area contributed by atoms with E-state index in [4.69, 9.17) is 4.74 Å². The van der Waals surface area contributed by atoms with Crippen molar-refractivity contribution in [3.63, 3.8) is 0 Å². The zero-order chi connectivity index (χ0) is 10.8. The number of hydrogen-bond donors (Lipinski definition) is 0. The largest absolute Gasteiger partial charge is 0.469 e. The molecule has 1 aliphatic rings. The number of carbonyl (C=O) groups is 1. The van der Waals surface area contributed by atoms with Gasteiger partial charge in [0.2, 0.25) is 0 Å². The molecule has 1 aromatic rings. The Balaban J connectivity index is 2.20. The predicted molar refractivity (Wildman–Crippen MR) is 56.5 cm³/mol. The van der Waals surface area contributed by atoms with Gasteiger partial charge in [0.1, 0.15) is 11.6 Å². The standard InChI is InChI=1S/C9H12BrN3O2/c1-15-9(14)6-2-3-7-11-12-8(4-10)13(7)5-6/h6H,2-5H2,1H3. The average molecular weight is 274 g/mol. The van der Waals surface area contributed by atoms with Gasteiger partial charge in [0, 0.05) is 13.0 Å². The molecular formula is C9H12BrN3O2. The monoisotopic (exact) mass is 273 g/mol. The molecule has 0 N–H and O–H groups in total. The second-order valence-corrected chi connectivity index (χ2v) is 4.10. The number of esters is 1. The first-order chi connectivity index (χ1) is 7.26. The molecule has 2 heterocycles. The zero-order valence-corrected chi connectivity index (χ0v) is 10.0. The number of halogens is 1. The Labute approximate surface area is 95.9 Å². The Morgan fingerprint density at radius 2 is 2.47 bits per heavy atom. The van der Waals surface area contributed by atoms with Gasteiger partial charge >= 0.3 is 5.97 Å². The number of fused-ring (bicyclic) bond motifs is 1. The summed E-state index contributed by atoms with van der Waals surface area (Å²) >= 11 is 3.35. The first kappa shape index (κ1) is 10.6. The molecule has 1 aliphatic heterocycles. The van der Waals surface area contributed by atoms with Crippen molar-refractivity contribution in [2.45, 2.75) is 24.7 Å². The van der Waals surface area contributed by atoms with Crippen molar-refractivity contribution in [3.8, 4) is 0 Å². The highest BCUT2D eigenvalue weighted by molar-refractivity contribution is 9.08. The normalized spacial score (nSPS) is 19.7. The second kappa shape index (κ2) is 4.30. The molecule has 0 aromatic carbocycles. The molecule has 6 heteroatoms. The molecular weight excluding hydrogens is 262 g/mol. The summed E-state index contributed by atoms with van der Waals surface area (Å²) in [5.41, 5.74) is 0. The van der Waals surface area contributed by atoms with Crippen LogP contribution in [-0.2, 0) is 27.8 Å². The van der Waals surface area contributed by atoms with Crippen molar-refractivity contribution < 1.29 is 9.53 Å². The van der Waals surface area contributed by atoms with E-state index in [0.717, 1.165) is 24.5 Å². The van der Waals surface area contributed by atoms with Crippen molar-refractivity contribution in [2.24, 2.45) is 5.92 Å². The van der Waals surface area contributed by atoms with Gasteiger partial charge in [0.05, 0.1) is 18.4 Å². The number of alkyl halides is 1. The van der Waals surface area contributed by atoms with Crippen LogP contribution < -0.4 is 0 Å². The first-order valence-electron chi connectivity index (χ1n) is 4.81. The minimum atomic E-state index is -0.144. The Hall–Kier alpha value is -0.910. The average Bonchev–Trinajstić information content (AvgIpc) is 2.69. The van der Waals surface area contributed by atoms with Crippen molar-refractivity contribution in [1.29, 1.82) is 0 Å². The fourth-order valence-corrected chi connectivity index (χ4v) is 2.26. The summed E-state index contributed by atoms with van der Waals surface area (Å²) in [4.78, 5) is 11.4. The minimum absolute atomic E-state index is 0.0590. The molecule has 0 bridgehead atoms. The van der Waals surface area contributed by atoms with E-state index in [2.05, 4.69) is 26.1 Å². The highest BCUT2D eigenvalue weighted by atomic mass is 79.9. The lowest BCUT2D eigenvalue weighted by Gasteiger charge is -2.21. The summed E-state index contributed by atoms with van der Waals surface area (Å²) in [7, 11) is 1.43. The molecule has 1 atom stereocenters. The van der Waals surface area contributed by atoms with E-state index < -0.39 is 0 Å². The van der Waals surface area contributed by atoms with E-state index >= 15 is 0 Å². The molecule has 1 aromatic heterocycles. The molecule has 0 fully saturated rings. The topological polar surface area (TPSA) is 57.0 Å². The molecule has 0 saturated heterocycles. The van der Waals surface area contributed by atoms with Crippen LogP contribution in [0.15, 0.2) is 0 Å². The van der Waals surface area contributed by atoms with Crippen LogP contribution in [0.5, 0.6) is 0 Å². The van der Waals surface area contributed by atoms with Crippen molar-refractivity contribution in [3.05, 3.63) is 11.6 Å². The Morgan fingerprint density at radius 1 is 1.67 bits per heavy atom. The van der Waals surface area contributed by atoms with E-state index in [1.807, 2.05) is 4.57 Å². The molecule has 0 saturated carbocycles. The SMILES string of the molecule is COC(=O)C1CCc2nnc(CBr)n2C1. The number of hydrogen-bond acceptors (Lipinski definition) is 4. The summed E-state index contributed by atoms with van der Waals surface area (Å²) in [6, 6.07) is 0. The van der Waals surface area contributed by atoms with Crippen molar-refractivity contribution in [1.82, 2.24) is 14.8 Å². The van der Waals surface area contributed by atoms with Crippen LogP contribution in [0.2, 0.25) is 0 Å². The molecule has 0 radical (unpaired) electrons. The Kier molecular flexibility index (Phi) is 3.04. The van der Waals surface area contributed by atoms with Gasteiger partial charge in [-0.2, -0.15) is 0 Å². The van der Waals surface area contributed by atoms with Crippen LogP contribution in [0.3, 0.4) is 0 Å². The lowest BCUT2D eigenvalue weighted by atomic mass is 9.99. The third-order valence-electron chi connectivity index (χ3n) is 2.68. The summed E-state index contributed by atoms with van der Waals surface area (Å²) in [5, 5.41) is 8.79. The number of methoxy groups -OCH3 is 1. The van der Waals surface area contributed by atoms with Crippen LogP contribution in [-0.4, -0.2) is 27.8 Å². The second-order valence-electron chi connectivity index (χ2n) is 3.54. The van der Waals surface area contributed by atoms with E-state index in [0.29, 0.717) is 11.9 Å². The third-order valence-corrected chi connectivity index (χ3v) is 3.18. The smallest absolute Gasteiger partial charge is 0.310 e. The fraction of sp³-hybridized carbons (Fsp3) is 0.667. The van der Waals surface area contributed by atoms with Crippen LogP contribution in [0, 0.1) is 5.92 Å². The highest BCUT2D eigenvalue weighted by Crippen LogP contribution is 2.21. The van der Waals surface area contributed by atoms with E-state index in [1.54, 1.807) is 0 Å². The van der Waals surface area contributed by atoms with Gasteiger partial charge in [-0.25, -0.2) is 0 Å². The van der Waals surface area contributed by atoms with Gasteiger partial charge in [-0.05, 0) is 6.42 Å². The van der Waals surface area contributed by atoms with Crippen molar-refractivity contribution in [2.75, 3.05) is 7.11 Å². The maximum atomic E-state index is 11.4. The molecule has 15 heavy (non-hydrogen) atoms. The summed E-state index contributed by atoms with van der Waals surface area (Å²) < 4.78 is 6.75. The molecule has 5 nitrogen and oxygen atoms in total. The maximum absolute atomic E-state index is 11.4. The van der Waals surface area contributed by atoms with Crippen LogP contribution in [0.4, 0.5) is 0 Å². The third kappa shape index (κ3) is 1.90. The van der Waals surface area contributed by atoms with Gasteiger partial charge in [-0.1, -0.05) is 15.9 Å². The van der Waals surface area contributed by atoms with Crippen LogP contribution in [0.1, 0.15) is 18.1 Å². The number of aryl methyl sites for hydroxylation is 1. The van der Waals surface area contributed by atoms with Crippen molar-refractivity contribution >= 4 is 21.9 Å². The Morgan fingerprint density at radius 3 is 3.13 bits per heavy atom. The molecule has 82 valence electrons. The quantitative estimate of drug-likeness (QED) is 0.594. The lowest BCUT2D eigenvalue weighted by molar-refractivity contribution is -0.146. The number of carbonyl (C=O) groups excluding carboxylic acids is 1. The Bertz CT molecular complexity index is 364. The number of ether oxygens (including phenoxy) is 1. The maximum Gasteiger partial charge on any atom is 0.310 e. The molecule has 1 unspecified atom stereocenters. The number of aromatic nitrogens is 3. The summed E-state index contributed by atoms with van der Waals surface area (Å²) in [6.45, 7) is 0.635. The predicted octanol–water partition coefficient (Wildman–Crippen LogP) is 0.908. The summed E-state index contributed by atoms with van der Waals surface area (Å²) in [5.74, 6) is 1.63. The molecule has 2 rings (SSSR count). The van der Waals surface area contributed by atoms with E-state index in [-0.39, 0.29) is 11.9 Å². The molecule has 0 spiro atoms. The van der Waals surface area contributed by atoms with Gasteiger partial charge in [0.25, 0.3) is 0 Å². The van der Waals surface area contributed by atoms with E-state index in [1.165, 1.54) is 7.11 Å². The highest BCUT2D eigenvalue weighted by Gasteiger charge is 2.27. The molecule has 0 amide bonds. The number of nitrogens with zero attached hydrogens (tertiary/aromatic N) is 3. The van der Waals surface area contributed by atoms with E-state index in [9.17, 15) is 4.79 Å². The zero-order valence-electron chi connectivity index (χ0n) is 8.44. The fourth-order valence-electron chi connectivity index (χ4n) is 1.84. The number of rotatable bonds is 2. The van der Waals surface area contributed by atoms with Gasteiger partial charge < -0.3 is 9.30 Å². The summed E-state index contributed by atoms with van der Waals surface area (Å²) in [6.07, 6.45) is 1.59. The van der Waals surface area contributed by atoms with Gasteiger partial charge in [-0.3, -0.25) is 4.79 Å². The minimum Gasteiger partial charge on any atom is -0.469 e. The van der Waals surface area contributed by atoms with Gasteiger partial charge in [-0.15, -0.1) is 10.2 Å².